The molecule has 2 rings (SSSR count). The van der Waals surface area contributed by atoms with E-state index in [-0.39, 0.29) is 0 Å². The lowest BCUT2D eigenvalue weighted by Gasteiger charge is -2.08. The molecule has 0 aliphatic heterocycles. The summed E-state index contributed by atoms with van der Waals surface area (Å²) in [6.07, 6.45) is 2.05. The number of halogens is 1. The number of benzene rings is 1. The molecule has 1 aromatic carbocycles. The fourth-order valence-corrected chi connectivity index (χ4v) is 2.45. The standard InChI is InChI=1S/C15H20ClN3/c1-10(2)15-13(9-19(4)18-15)11-5-6-12(8-17-3)14(16)7-11/h5-7,9-10,17H,8H2,1-4H3. The van der Waals surface area contributed by atoms with Gasteiger partial charge in [0.2, 0.25) is 0 Å². The zero-order valence-corrected chi connectivity index (χ0v) is 12.6. The highest BCUT2D eigenvalue weighted by Gasteiger charge is 2.14. The Morgan fingerprint density at radius 2 is 2.11 bits per heavy atom. The van der Waals surface area contributed by atoms with Crippen molar-refractivity contribution in [2.24, 2.45) is 7.05 Å². The third kappa shape index (κ3) is 2.99. The molecule has 19 heavy (non-hydrogen) atoms. The molecule has 0 saturated heterocycles. The highest BCUT2D eigenvalue weighted by molar-refractivity contribution is 6.31. The number of nitrogens with one attached hydrogen (secondary N) is 1. The van der Waals surface area contributed by atoms with Crippen molar-refractivity contribution in [1.29, 1.82) is 0 Å². The van der Waals surface area contributed by atoms with Gasteiger partial charge in [0.25, 0.3) is 0 Å². The SMILES string of the molecule is CNCc1ccc(-c2cn(C)nc2C(C)C)cc1Cl. The second-order valence-corrected chi connectivity index (χ2v) is 5.50. The quantitative estimate of drug-likeness (QED) is 0.926. The summed E-state index contributed by atoms with van der Waals surface area (Å²) in [7, 11) is 3.87. The van der Waals surface area contributed by atoms with E-state index in [4.69, 9.17) is 11.6 Å². The molecule has 0 fully saturated rings. The molecule has 1 aromatic heterocycles. The lowest BCUT2D eigenvalue weighted by Crippen LogP contribution is -2.05. The number of rotatable bonds is 4. The van der Waals surface area contributed by atoms with Gasteiger partial charge < -0.3 is 5.32 Å². The van der Waals surface area contributed by atoms with Gasteiger partial charge in [-0.3, -0.25) is 4.68 Å². The van der Waals surface area contributed by atoms with Crippen LogP contribution in [0.15, 0.2) is 24.4 Å². The Labute approximate surface area is 119 Å². The van der Waals surface area contributed by atoms with Crippen molar-refractivity contribution in [1.82, 2.24) is 15.1 Å². The Kier molecular flexibility index (Phi) is 4.27. The molecule has 0 bridgehead atoms. The highest BCUT2D eigenvalue weighted by atomic mass is 35.5. The second-order valence-electron chi connectivity index (χ2n) is 5.09. The number of hydrogen-bond donors (Lipinski definition) is 1. The van der Waals surface area contributed by atoms with Crippen LogP contribution in [-0.2, 0) is 13.6 Å². The molecule has 1 N–H and O–H groups in total. The van der Waals surface area contributed by atoms with Crippen LogP contribution in [0.2, 0.25) is 5.02 Å². The molecule has 102 valence electrons. The van der Waals surface area contributed by atoms with Crippen LogP contribution in [0.4, 0.5) is 0 Å². The van der Waals surface area contributed by atoms with Crippen molar-refractivity contribution in [3.8, 4) is 11.1 Å². The van der Waals surface area contributed by atoms with E-state index < -0.39 is 0 Å². The Morgan fingerprint density at radius 3 is 2.68 bits per heavy atom. The van der Waals surface area contributed by atoms with Crippen molar-refractivity contribution in [3.63, 3.8) is 0 Å². The molecule has 0 saturated carbocycles. The van der Waals surface area contributed by atoms with Gasteiger partial charge in [0.05, 0.1) is 5.69 Å². The first kappa shape index (κ1) is 14.1. The summed E-state index contributed by atoms with van der Waals surface area (Å²) in [5.74, 6) is 0.395. The van der Waals surface area contributed by atoms with Gasteiger partial charge in [-0.25, -0.2) is 0 Å². The van der Waals surface area contributed by atoms with Crippen LogP contribution in [0.1, 0.15) is 31.0 Å². The smallest absolute Gasteiger partial charge is 0.0728 e. The van der Waals surface area contributed by atoms with Crippen LogP contribution in [0.3, 0.4) is 0 Å². The molecule has 0 spiro atoms. The Morgan fingerprint density at radius 1 is 1.37 bits per heavy atom. The van der Waals surface area contributed by atoms with Crippen molar-refractivity contribution in [2.75, 3.05) is 7.05 Å². The van der Waals surface area contributed by atoms with Crippen LogP contribution in [-0.4, -0.2) is 16.8 Å². The van der Waals surface area contributed by atoms with E-state index in [0.29, 0.717) is 5.92 Å². The van der Waals surface area contributed by atoms with Gasteiger partial charge in [-0.05, 0) is 30.2 Å². The van der Waals surface area contributed by atoms with Gasteiger partial charge in [0, 0.05) is 30.4 Å². The Bertz CT molecular complexity index is 573. The average molecular weight is 278 g/mol. The summed E-state index contributed by atoms with van der Waals surface area (Å²) >= 11 is 6.33. The molecule has 0 unspecified atom stereocenters. The summed E-state index contributed by atoms with van der Waals surface area (Å²) < 4.78 is 1.86. The lowest BCUT2D eigenvalue weighted by molar-refractivity contribution is 0.713. The maximum absolute atomic E-state index is 6.33. The lowest BCUT2D eigenvalue weighted by atomic mass is 9.99. The van der Waals surface area contributed by atoms with E-state index in [9.17, 15) is 0 Å². The summed E-state index contributed by atoms with van der Waals surface area (Å²) in [6.45, 7) is 5.09. The molecular weight excluding hydrogens is 258 g/mol. The first-order valence-electron chi connectivity index (χ1n) is 6.50. The van der Waals surface area contributed by atoms with Crippen LogP contribution in [0.5, 0.6) is 0 Å². The summed E-state index contributed by atoms with van der Waals surface area (Å²) in [4.78, 5) is 0. The van der Waals surface area contributed by atoms with Crippen LogP contribution in [0, 0.1) is 0 Å². The van der Waals surface area contributed by atoms with Crippen molar-refractivity contribution >= 4 is 11.6 Å². The summed E-state index contributed by atoms with van der Waals surface area (Å²) in [5, 5.41) is 8.45. The number of hydrogen-bond acceptors (Lipinski definition) is 2. The van der Waals surface area contributed by atoms with E-state index in [1.165, 1.54) is 0 Å². The molecule has 0 aliphatic rings. The number of aromatic nitrogens is 2. The third-order valence-electron chi connectivity index (χ3n) is 3.14. The fraction of sp³-hybridized carbons (Fsp3) is 0.400. The largest absolute Gasteiger partial charge is 0.316 e. The number of nitrogens with zero attached hydrogens (tertiary/aromatic N) is 2. The summed E-state index contributed by atoms with van der Waals surface area (Å²) in [6, 6.07) is 6.21. The Hall–Kier alpha value is -1.32. The molecule has 0 atom stereocenters. The first-order chi connectivity index (χ1) is 9.02. The van der Waals surface area contributed by atoms with Gasteiger partial charge in [-0.15, -0.1) is 0 Å². The van der Waals surface area contributed by atoms with E-state index in [1.807, 2.05) is 24.8 Å². The van der Waals surface area contributed by atoms with E-state index >= 15 is 0 Å². The number of aryl methyl sites for hydroxylation is 1. The van der Waals surface area contributed by atoms with Crippen molar-refractivity contribution < 1.29 is 0 Å². The predicted octanol–water partition coefficient (Wildman–Crippen LogP) is 3.58. The molecule has 0 radical (unpaired) electrons. The van der Waals surface area contributed by atoms with E-state index in [2.05, 4.69) is 42.6 Å². The van der Waals surface area contributed by atoms with Crippen molar-refractivity contribution in [3.05, 3.63) is 40.7 Å². The van der Waals surface area contributed by atoms with Crippen LogP contribution in [0.25, 0.3) is 11.1 Å². The topological polar surface area (TPSA) is 29.9 Å². The van der Waals surface area contributed by atoms with Crippen LogP contribution >= 0.6 is 11.6 Å². The molecule has 1 heterocycles. The van der Waals surface area contributed by atoms with E-state index in [0.717, 1.165) is 34.0 Å². The van der Waals surface area contributed by atoms with Crippen LogP contribution < -0.4 is 5.32 Å². The minimum Gasteiger partial charge on any atom is -0.316 e. The maximum Gasteiger partial charge on any atom is 0.0728 e. The molecule has 2 aromatic rings. The minimum absolute atomic E-state index is 0.395. The fourth-order valence-electron chi connectivity index (χ4n) is 2.20. The van der Waals surface area contributed by atoms with Gasteiger partial charge >= 0.3 is 0 Å². The van der Waals surface area contributed by atoms with Gasteiger partial charge in [-0.2, -0.15) is 5.10 Å². The predicted molar refractivity (Wildman–Crippen MR) is 80.5 cm³/mol. The van der Waals surface area contributed by atoms with Gasteiger partial charge in [-0.1, -0.05) is 37.6 Å². The monoisotopic (exact) mass is 277 g/mol. The van der Waals surface area contributed by atoms with Gasteiger partial charge in [0.1, 0.15) is 0 Å². The van der Waals surface area contributed by atoms with Gasteiger partial charge in [0.15, 0.2) is 0 Å². The molecule has 4 heteroatoms. The zero-order valence-electron chi connectivity index (χ0n) is 11.9. The highest BCUT2D eigenvalue weighted by Crippen LogP contribution is 2.30. The molecule has 0 aliphatic carbocycles. The first-order valence-corrected chi connectivity index (χ1v) is 6.87. The van der Waals surface area contributed by atoms with Crippen molar-refractivity contribution in [2.45, 2.75) is 26.3 Å². The minimum atomic E-state index is 0.395. The zero-order chi connectivity index (χ0) is 14.0. The second kappa shape index (κ2) is 5.76. The molecule has 3 nitrogen and oxygen atoms in total. The third-order valence-corrected chi connectivity index (χ3v) is 3.49. The molecular formula is C15H20ClN3. The maximum atomic E-state index is 6.33. The summed E-state index contributed by atoms with van der Waals surface area (Å²) in [5.41, 5.74) is 4.51. The normalized spacial score (nSPS) is 11.3. The average Bonchev–Trinajstić information content (AvgIpc) is 2.74. The Balaban J connectivity index is 2.45. The van der Waals surface area contributed by atoms with E-state index in [1.54, 1.807) is 0 Å². The molecule has 0 amide bonds.